The molecule has 1 N–H and O–H groups in total. The highest BCUT2D eigenvalue weighted by atomic mass is 32.2. The van der Waals surface area contributed by atoms with Gasteiger partial charge in [-0.3, -0.25) is 4.21 Å². The van der Waals surface area contributed by atoms with Crippen LogP contribution in [0.2, 0.25) is 0 Å². The summed E-state index contributed by atoms with van der Waals surface area (Å²) < 4.78 is 12.2. The maximum atomic E-state index is 12.2. The zero-order chi connectivity index (χ0) is 11.3. The maximum Gasteiger partial charge on any atom is 0.0350 e. The number of hydrogen-bond acceptors (Lipinski definition) is 2. The van der Waals surface area contributed by atoms with E-state index >= 15 is 0 Å². The average molecular weight is 231 g/mol. The summed E-state index contributed by atoms with van der Waals surface area (Å²) >= 11 is 0. The molecule has 0 aliphatic heterocycles. The Morgan fingerprint density at radius 3 is 2.40 bits per heavy atom. The lowest BCUT2D eigenvalue weighted by molar-refractivity contribution is 0.496. The van der Waals surface area contributed by atoms with Crippen LogP contribution in [0.5, 0.6) is 0 Å². The summed E-state index contributed by atoms with van der Waals surface area (Å²) in [7, 11) is 1.36. The van der Waals surface area contributed by atoms with E-state index in [0.717, 1.165) is 6.42 Å². The van der Waals surface area contributed by atoms with E-state index < -0.39 is 10.8 Å². The fourth-order valence-electron chi connectivity index (χ4n) is 2.34. The highest BCUT2D eigenvalue weighted by molar-refractivity contribution is 7.86. The van der Waals surface area contributed by atoms with E-state index in [-0.39, 0.29) is 0 Å². The minimum Gasteiger partial charge on any atom is -0.317 e. The van der Waals surface area contributed by atoms with Crippen molar-refractivity contribution in [3.8, 4) is 0 Å². The molecule has 0 aromatic rings. The summed E-state index contributed by atoms with van der Waals surface area (Å²) in [4.78, 5) is 0. The quantitative estimate of drug-likeness (QED) is 0.787. The molecule has 0 heterocycles. The standard InChI is InChI=1S/C12H25NOS/c1-10(13-3)9-11(2)15(14)12-7-5-4-6-8-12/h10-13H,4-9H2,1-3H3. The van der Waals surface area contributed by atoms with Crippen molar-refractivity contribution in [1.82, 2.24) is 5.32 Å². The largest absolute Gasteiger partial charge is 0.317 e. The predicted molar refractivity (Wildman–Crippen MR) is 67.6 cm³/mol. The molecule has 3 unspecified atom stereocenters. The second-order valence-electron chi connectivity index (χ2n) is 4.82. The van der Waals surface area contributed by atoms with E-state index in [9.17, 15) is 4.21 Å². The van der Waals surface area contributed by atoms with Crippen molar-refractivity contribution in [2.45, 2.75) is 68.9 Å². The molecule has 0 amide bonds. The fourth-order valence-corrected chi connectivity index (χ4v) is 4.27. The lowest BCUT2D eigenvalue weighted by Gasteiger charge is -2.25. The summed E-state index contributed by atoms with van der Waals surface area (Å²) in [5.74, 6) is 0. The smallest absolute Gasteiger partial charge is 0.0350 e. The third-order valence-electron chi connectivity index (χ3n) is 3.46. The first-order valence-corrected chi connectivity index (χ1v) is 7.49. The van der Waals surface area contributed by atoms with Gasteiger partial charge in [0.2, 0.25) is 0 Å². The first-order chi connectivity index (χ1) is 7.15. The van der Waals surface area contributed by atoms with Crippen LogP contribution in [-0.2, 0) is 10.8 Å². The van der Waals surface area contributed by atoms with Crippen LogP contribution in [0.1, 0.15) is 52.4 Å². The molecule has 1 fully saturated rings. The number of hydrogen-bond donors (Lipinski definition) is 1. The van der Waals surface area contributed by atoms with E-state index in [1.54, 1.807) is 0 Å². The highest BCUT2D eigenvalue weighted by Gasteiger charge is 2.24. The molecular weight excluding hydrogens is 206 g/mol. The first-order valence-electron chi connectivity index (χ1n) is 6.21. The summed E-state index contributed by atoms with van der Waals surface area (Å²) in [5.41, 5.74) is 0. The Kier molecular flexibility index (Phi) is 5.83. The van der Waals surface area contributed by atoms with Crippen LogP contribution < -0.4 is 5.32 Å². The summed E-state index contributed by atoms with van der Waals surface area (Å²) in [6, 6.07) is 0.479. The van der Waals surface area contributed by atoms with Gasteiger partial charge in [0, 0.05) is 27.3 Å². The van der Waals surface area contributed by atoms with Gasteiger partial charge in [-0.15, -0.1) is 0 Å². The van der Waals surface area contributed by atoms with E-state index in [2.05, 4.69) is 19.2 Å². The van der Waals surface area contributed by atoms with E-state index in [0.29, 0.717) is 16.5 Å². The van der Waals surface area contributed by atoms with E-state index in [1.165, 1.54) is 32.1 Å². The van der Waals surface area contributed by atoms with Gasteiger partial charge in [-0.2, -0.15) is 0 Å². The Labute approximate surface area is 96.7 Å². The van der Waals surface area contributed by atoms with Crippen LogP contribution in [0, 0.1) is 0 Å². The molecule has 0 aromatic carbocycles. The number of nitrogens with one attached hydrogen (secondary N) is 1. The van der Waals surface area contributed by atoms with Gasteiger partial charge >= 0.3 is 0 Å². The van der Waals surface area contributed by atoms with E-state index in [1.807, 2.05) is 7.05 Å². The molecule has 1 aliphatic rings. The minimum atomic E-state index is -0.613. The molecule has 1 aliphatic carbocycles. The predicted octanol–water partition coefficient (Wildman–Crippen LogP) is 2.45. The van der Waals surface area contributed by atoms with Crippen molar-refractivity contribution in [2.75, 3.05) is 7.05 Å². The Balaban J connectivity index is 2.37. The summed E-state index contributed by atoms with van der Waals surface area (Å²) in [5, 5.41) is 4.05. The maximum absolute atomic E-state index is 12.2. The molecule has 0 aromatic heterocycles. The van der Waals surface area contributed by atoms with Crippen LogP contribution in [0.25, 0.3) is 0 Å². The molecule has 0 bridgehead atoms. The Morgan fingerprint density at radius 2 is 1.87 bits per heavy atom. The third-order valence-corrected chi connectivity index (χ3v) is 5.57. The van der Waals surface area contributed by atoms with Gasteiger partial charge in [-0.1, -0.05) is 26.2 Å². The van der Waals surface area contributed by atoms with Gasteiger partial charge in [-0.05, 0) is 33.2 Å². The van der Waals surface area contributed by atoms with Crippen molar-refractivity contribution in [2.24, 2.45) is 0 Å². The SMILES string of the molecule is CNC(C)CC(C)S(=O)C1CCCCC1. The minimum absolute atomic E-state index is 0.343. The molecule has 1 rings (SSSR count). The van der Waals surface area contributed by atoms with Gasteiger partial charge in [0.25, 0.3) is 0 Å². The molecule has 3 heteroatoms. The Morgan fingerprint density at radius 1 is 1.27 bits per heavy atom. The van der Waals surface area contributed by atoms with E-state index in [4.69, 9.17) is 0 Å². The van der Waals surface area contributed by atoms with Gasteiger partial charge in [0.05, 0.1) is 0 Å². The van der Waals surface area contributed by atoms with Crippen molar-refractivity contribution in [3.05, 3.63) is 0 Å². The molecule has 3 atom stereocenters. The molecule has 0 radical (unpaired) electrons. The van der Waals surface area contributed by atoms with Crippen LogP contribution in [0.4, 0.5) is 0 Å². The van der Waals surface area contributed by atoms with Crippen molar-refractivity contribution in [3.63, 3.8) is 0 Å². The highest BCUT2D eigenvalue weighted by Crippen LogP contribution is 2.24. The molecule has 2 nitrogen and oxygen atoms in total. The average Bonchev–Trinajstić information content (AvgIpc) is 2.29. The van der Waals surface area contributed by atoms with Gasteiger partial charge < -0.3 is 5.32 Å². The fraction of sp³-hybridized carbons (Fsp3) is 1.00. The van der Waals surface area contributed by atoms with Crippen LogP contribution >= 0.6 is 0 Å². The molecule has 0 spiro atoms. The second-order valence-corrected chi connectivity index (χ2v) is 6.95. The van der Waals surface area contributed by atoms with Crippen LogP contribution in [0.3, 0.4) is 0 Å². The van der Waals surface area contributed by atoms with Crippen LogP contribution in [0.15, 0.2) is 0 Å². The monoisotopic (exact) mass is 231 g/mol. The Hall–Kier alpha value is 0.110. The second kappa shape index (κ2) is 6.64. The topological polar surface area (TPSA) is 29.1 Å². The zero-order valence-electron chi connectivity index (χ0n) is 10.3. The van der Waals surface area contributed by atoms with Crippen molar-refractivity contribution in [1.29, 1.82) is 0 Å². The third kappa shape index (κ3) is 4.23. The molecule has 15 heavy (non-hydrogen) atoms. The van der Waals surface area contributed by atoms with Crippen molar-refractivity contribution < 1.29 is 4.21 Å². The molecular formula is C12H25NOS. The lowest BCUT2D eigenvalue weighted by Crippen LogP contribution is -2.32. The van der Waals surface area contributed by atoms with Gasteiger partial charge in [0.1, 0.15) is 0 Å². The molecule has 0 saturated heterocycles. The van der Waals surface area contributed by atoms with Gasteiger partial charge in [-0.25, -0.2) is 0 Å². The number of rotatable bonds is 5. The van der Waals surface area contributed by atoms with Crippen molar-refractivity contribution >= 4 is 10.8 Å². The normalized spacial score (nSPS) is 24.7. The molecule has 90 valence electrons. The Bertz CT molecular complexity index is 202. The van der Waals surface area contributed by atoms with Gasteiger partial charge in [0.15, 0.2) is 0 Å². The summed E-state index contributed by atoms with van der Waals surface area (Å²) in [6.07, 6.45) is 7.31. The van der Waals surface area contributed by atoms with Crippen LogP contribution in [-0.4, -0.2) is 27.8 Å². The molecule has 1 saturated carbocycles. The summed E-state index contributed by atoms with van der Waals surface area (Å²) in [6.45, 7) is 4.30. The zero-order valence-corrected chi connectivity index (χ0v) is 11.1. The first kappa shape index (κ1) is 13.2. The lowest BCUT2D eigenvalue weighted by atomic mass is 10.0.